The first-order valence-electron chi connectivity index (χ1n) is 9.23. The quantitative estimate of drug-likeness (QED) is 0.853. The molecule has 2 bridgehead atoms. The van der Waals surface area contributed by atoms with Crippen LogP contribution in [0.5, 0.6) is 0 Å². The molecule has 1 aromatic rings. The molecule has 3 aliphatic heterocycles. The Balaban J connectivity index is 0.00000196. The van der Waals surface area contributed by atoms with E-state index in [2.05, 4.69) is 10.5 Å². The standard InChI is InChI=1S/C18H26N4O3.ClH/c1-11-6-14(20-25-11)10-21(2)18(24)17-13-7-12(8-19-9-13)15-4-3-5-16(23)22(15)17;/h6,12-13,15,17,19H,3-5,7-10H2,1-2H3;1H/t12-,13+,15+,17-;/m1./s1. The molecule has 8 heteroatoms. The lowest BCUT2D eigenvalue weighted by Crippen LogP contribution is -2.68. The number of rotatable bonds is 3. The first-order valence-corrected chi connectivity index (χ1v) is 9.23. The molecule has 3 fully saturated rings. The number of likely N-dealkylation sites (N-methyl/N-ethyl adjacent to an activating group) is 1. The van der Waals surface area contributed by atoms with E-state index in [9.17, 15) is 9.59 Å². The maximum absolute atomic E-state index is 13.3. The Morgan fingerprint density at radius 3 is 2.92 bits per heavy atom. The van der Waals surface area contributed by atoms with Crippen LogP contribution >= 0.6 is 12.4 Å². The molecule has 0 radical (unpaired) electrons. The van der Waals surface area contributed by atoms with Crippen molar-refractivity contribution in [2.45, 2.75) is 51.2 Å². The van der Waals surface area contributed by atoms with Crippen LogP contribution in [0.15, 0.2) is 10.6 Å². The van der Waals surface area contributed by atoms with Gasteiger partial charge >= 0.3 is 0 Å². The van der Waals surface area contributed by atoms with E-state index in [0.717, 1.165) is 43.8 Å². The van der Waals surface area contributed by atoms with Crippen LogP contribution in [0.25, 0.3) is 0 Å². The highest BCUT2D eigenvalue weighted by molar-refractivity contribution is 5.89. The Labute approximate surface area is 159 Å². The number of amides is 2. The van der Waals surface area contributed by atoms with Crippen LogP contribution in [-0.2, 0) is 16.1 Å². The smallest absolute Gasteiger partial charge is 0.245 e. The molecular formula is C18H27ClN4O3. The van der Waals surface area contributed by atoms with E-state index in [1.54, 1.807) is 11.9 Å². The zero-order chi connectivity index (χ0) is 17.6. The highest BCUT2D eigenvalue weighted by Crippen LogP contribution is 2.40. The molecular weight excluding hydrogens is 356 g/mol. The van der Waals surface area contributed by atoms with Gasteiger partial charge in [0.1, 0.15) is 17.5 Å². The van der Waals surface area contributed by atoms with Gasteiger partial charge in [-0.05, 0) is 38.6 Å². The number of carbonyl (C=O) groups excluding carboxylic acids is 2. The summed E-state index contributed by atoms with van der Waals surface area (Å²) in [5, 5.41) is 7.46. The van der Waals surface area contributed by atoms with E-state index in [-0.39, 0.29) is 42.2 Å². The van der Waals surface area contributed by atoms with Crippen molar-refractivity contribution in [2.24, 2.45) is 11.8 Å². The molecule has 7 nitrogen and oxygen atoms in total. The predicted octanol–water partition coefficient (Wildman–Crippen LogP) is 1.35. The molecule has 0 saturated carbocycles. The van der Waals surface area contributed by atoms with Gasteiger partial charge in [-0.25, -0.2) is 0 Å². The third-order valence-electron chi connectivity index (χ3n) is 5.95. The van der Waals surface area contributed by atoms with E-state index in [0.29, 0.717) is 18.9 Å². The number of piperidine rings is 3. The molecule has 0 aromatic carbocycles. The molecule has 144 valence electrons. The van der Waals surface area contributed by atoms with Crippen LogP contribution in [0.2, 0.25) is 0 Å². The van der Waals surface area contributed by atoms with Crippen LogP contribution in [0.1, 0.15) is 37.1 Å². The lowest BCUT2D eigenvalue weighted by Gasteiger charge is -2.54. The minimum absolute atomic E-state index is 0. The van der Waals surface area contributed by atoms with Crippen molar-refractivity contribution in [3.63, 3.8) is 0 Å². The first-order chi connectivity index (χ1) is 12.0. The van der Waals surface area contributed by atoms with Crippen LogP contribution < -0.4 is 5.32 Å². The van der Waals surface area contributed by atoms with E-state index >= 15 is 0 Å². The number of fused-ring (bicyclic) bond motifs is 4. The zero-order valence-electron chi connectivity index (χ0n) is 15.3. The highest BCUT2D eigenvalue weighted by Gasteiger charge is 2.51. The topological polar surface area (TPSA) is 78.7 Å². The summed E-state index contributed by atoms with van der Waals surface area (Å²) in [5.74, 6) is 1.59. The van der Waals surface area contributed by atoms with Gasteiger partial charge in [0.15, 0.2) is 0 Å². The van der Waals surface area contributed by atoms with Crippen LogP contribution in [0, 0.1) is 18.8 Å². The van der Waals surface area contributed by atoms with Crippen molar-refractivity contribution >= 4 is 24.2 Å². The fourth-order valence-corrected chi connectivity index (χ4v) is 4.87. The first kappa shape index (κ1) is 19.2. The molecule has 1 N–H and O–H groups in total. The minimum Gasteiger partial charge on any atom is -0.361 e. The van der Waals surface area contributed by atoms with Gasteiger partial charge in [-0.1, -0.05) is 5.16 Å². The van der Waals surface area contributed by atoms with Crippen molar-refractivity contribution < 1.29 is 14.1 Å². The van der Waals surface area contributed by atoms with Gasteiger partial charge in [0.2, 0.25) is 11.8 Å². The number of nitrogens with zero attached hydrogens (tertiary/aromatic N) is 3. The predicted molar refractivity (Wildman–Crippen MR) is 97.7 cm³/mol. The van der Waals surface area contributed by atoms with E-state index < -0.39 is 0 Å². The Bertz CT molecular complexity index is 679. The molecule has 26 heavy (non-hydrogen) atoms. The second kappa shape index (κ2) is 7.56. The maximum Gasteiger partial charge on any atom is 0.245 e. The van der Waals surface area contributed by atoms with Crippen molar-refractivity contribution in [1.82, 2.24) is 20.3 Å². The molecule has 0 aliphatic carbocycles. The molecule has 4 rings (SSSR count). The number of aromatic nitrogens is 1. The monoisotopic (exact) mass is 382 g/mol. The Hall–Kier alpha value is -1.60. The summed E-state index contributed by atoms with van der Waals surface area (Å²) in [6, 6.07) is 1.71. The number of hydrogen-bond acceptors (Lipinski definition) is 5. The fraction of sp³-hybridized carbons (Fsp3) is 0.722. The van der Waals surface area contributed by atoms with E-state index in [1.165, 1.54) is 0 Å². The maximum atomic E-state index is 13.3. The molecule has 1 aromatic heterocycles. The Kier molecular flexibility index (Phi) is 5.58. The average Bonchev–Trinajstić information content (AvgIpc) is 3.01. The molecule has 0 spiro atoms. The van der Waals surface area contributed by atoms with Gasteiger partial charge < -0.3 is 19.6 Å². The molecule has 3 saturated heterocycles. The second-order valence-electron chi connectivity index (χ2n) is 7.74. The van der Waals surface area contributed by atoms with Crippen LogP contribution in [0.4, 0.5) is 0 Å². The molecule has 4 atom stereocenters. The summed E-state index contributed by atoms with van der Waals surface area (Å²) in [7, 11) is 1.79. The third kappa shape index (κ3) is 3.34. The largest absolute Gasteiger partial charge is 0.361 e. The number of aryl methyl sites for hydroxylation is 1. The summed E-state index contributed by atoms with van der Waals surface area (Å²) in [5.41, 5.74) is 0.741. The van der Waals surface area contributed by atoms with Gasteiger partial charge in [0.25, 0.3) is 0 Å². The molecule has 4 heterocycles. The third-order valence-corrected chi connectivity index (χ3v) is 5.95. The summed E-state index contributed by atoms with van der Waals surface area (Å²) in [4.78, 5) is 29.6. The van der Waals surface area contributed by atoms with E-state index in [1.807, 2.05) is 17.9 Å². The van der Waals surface area contributed by atoms with Crippen molar-refractivity contribution in [2.75, 3.05) is 20.1 Å². The number of hydrogen-bond donors (Lipinski definition) is 1. The SMILES string of the molecule is Cc1cc(CN(C)C(=O)[C@H]2[C@@H]3CNC[C@@H](C3)[C@@H]3CCCC(=O)N32)no1.Cl. The van der Waals surface area contributed by atoms with E-state index in [4.69, 9.17) is 4.52 Å². The molecule has 2 amide bonds. The van der Waals surface area contributed by atoms with Crippen molar-refractivity contribution in [1.29, 1.82) is 0 Å². The van der Waals surface area contributed by atoms with Crippen molar-refractivity contribution in [3.05, 3.63) is 17.5 Å². The summed E-state index contributed by atoms with van der Waals surface area (Å²) in [6.45, 7) is 4.01. The normalized spacial score (nSPS) is 30.4. The van der Waals surface area contributed by atoms with Gasteiger partial charge in [-0.3, -0.25) is 9.59 Å². The lowest BCUT2D eigenvalue weighted by atomic mass is 9.72. The molecule has 3 aliphatic rings. The fourth-order valence-electron chi connectivity index (χ4n) is 4.87. The van der Waals surface area contributed by atoms with Gasteiger partial charge in [0, 0.05) is 38.0 Å². The zero-order valence-corrected chi connectivity index (χ0v) is 16.1. The summed E-state index contributed by atoms with van der Waals surface area (Å²) >= 11 is 0. The minimum atomic E-state index is -0.347. The lowest BCUT2D eigenvalue weighted by molar-refractivity contribution is -0.161. The van der Waals surface area contributed by atoms with Gasteiger partial charge in [-0.15, -0.1) is 12.4 Å². The average molecular weight is 383 g/mol. The number of nitrogens with one attached hydrogen (secondary N) is 1. The van der Waals surface area contributed by atoms with Crippen LogP contribution in [0.3, 0.4) is 0 Å². The Morgan fingerprint density at radius 2 is 2.19 bits per heavy atom. The second-order valence-corrected chi connectivity index (χ2v) is 7.74. The van der Waals surface area contributed by atoms with Gasteiger partial charge in [0.05, 0.1) is 6.54 Å². The summed E-state index contributed by atoms with van der Waals surface area (Å²) in [6.07, 6.45) is 3.56. The van der Waals surface area contributed by atoms with Crippen molar-refractivity contribution in [3.8, 4) is 0 Å². The Morgan fingerprint density at radius 1 is 1.42 bits per heavy atom. The van der Waals surface area contributed by atoms with Gasteiger partial charge in [-0.2, -0.15) is 0 Å². The highest BCUT2D eigenvalue weighted by atomic mass is 35.5. The summed E-state index contributed by atoms with van der Waals surface area (Å²) < 4.78 is 5.10. The van der Waals surface area contributed by atoms with Crippen LogP contribution in [-0.4, -0.2) is 59.0 Å². The molecule has 0 unspecified atom stereocenters. The number of halogens is 1. The number of carbonyl (C=O) groups is 2.